The molecule has 0 fully saturated rings. The highest BCUT2D eigenvalue weighted by atomic mass is 16.5. The van der Waals surface area contributed by atoms with E-state index in [4.69, 9.17) is 4.74 Å². The zero-order chi connectivity index (χ0) is 26.7. The standard InChI is InChI=1S/C34H68O2/c1-6-8-10-11-12-20-23-26-30-36-34(35)33(32(5)28-9-7-2)29-25-22-19-17-15-13-14-16-18-21-24-27-31(3)4/h31-33H,6-30H2,1-5H3. The van der Waals surface area contributed by atoms with Crippen LogP contribution >= 0.6 is 0 Å². The van der Waals surface area contributed by atoms with E-state index in [1.807, 2.05) is 0 Å². The summed E-state index contributed by atoms with van der Waals surface area (Å²) in [5.74, 6) is 1.53. The predicted octanol–water partition coefficient (Wildman–Crippen LogP) is 11.8. The van der Waals surface area contributed by atoms with Gasteiger partial charge in [-0.2, -0.15) is 0 Å². The molecule has 0 saturated carbocycles. The van der Waals surface area contributed by atoms with Crippen molar-refractivity contribution < 1.29 is 9.53 Å². The van der Waals surface area contributed by atoms with E-state index in [0.29, 0.717) is 12.5 Å². The van der Waals surface area contributed by atoms with Gasteiger partial charge in [-0.25, -0.2) is 0 Å². The maximum atomic E-state index is 12.9. The molecule has 0 saturated heterocycles. The molecule has 0 heterocycles. The lowest BCUT2D eigenvalue weighted by Crippen LogP contribution is -2.25. The molecule has 2 heteroatoms. The third kappa shape index (κ3) is 23.8. The second kappa shape index (κ2) is 27.5. The highest BCUT2D eigenvalue weighted by molar-refractivity contribution is 5.72. The number of rotatable bonds is 28. The van der Waals surface area contributed by atoms with E-state index in [2.05, 4.69) is 34.6 Å². The molecule has 0 N–H and O–H groups in total. The Hall–Kier alpha value is -0.530. The SMILES string of the molecule is CCCCCCCCCCOC(=O)C(CCCCCCCCCCCCCC(C)C)C(C)CCCC. The Kier molecular flexibility index (Phi) is 27.1. The molecular formula is C34H68O2. The molecule has 2 nitrogen and oxygen atoms in total. The highest BCUT2D eigenvalue weighted by Crippen LogP contribution is 2.26. The van der Waals surface area contributed by atoms with Crippen molar-refractivity contribution in [3.05, 3.63) is 0 Å². The summed E-state index contributed by atoms with van der Waals surface area (Å²) in [6.07, 6.45) is 31.4. The smallest absolute Gasteiger partial charge is 0.309 e. The maximum absolute atomic E-state index is 12.9. The first-order valence-corrected chi connectivity index (χ1v) is 16.7. The summed E-state index contributed by atoms with van der Waals surface area (Å²) < 4.78 is 5.78. The monoisotopic (exact) mass is 509 g/mol. The van der Waals surface area contributed by atoms with Crippen LogP contribution in [0.4, 0.5) is 0 Å². The zero-order valence-corrected chi connectivity index (χ0v) is 25.7. The van der Waals surface area contributed by atoms with Gasteiger partial charge in [-0.05, 0) is 31.1 Å². The van der Waals surface area contributed by atoms with Crippen molar-refractivity contribution in [2.45, 2.75) is 189 Å². The average Bonchev–Trinajstić information content (AvgIpc) is 2.86. The Morgan fingerprint density at radius 3 is 1.39 bits per heavy atom. The van der Waals surface area contributed by atoms with Gasteiger partial charge >= 0.3 is 5.97 Å². The minimum atomic E-state index is 0.0925. The second-order valence-electron chi connectivity index (χ2n) is 12.2. The fraction of sp³-hybridized carbons (Fsp3) is 0.971. The summed E-state index contributed by atoms with van der Waals surface area (Å²) in [5.41, 5.74) is 0. The lowest BCUT2D eigenvalue weighted by atomic mass is 9.85. The summed E-state index contributed by atoms with van der Waals surface area (Å²) in [4.78, 5) is 12.9. The van der Waals surface area contributed by atoms with Gasteiger partial charge in [0, 0.05) is 0 Å². The minimum absolute atomic E-state index is 0.0925. The third-order valence-corrected chi connectivity index (χ3v) is 8.04. The van der Waals surface area contributed by atoms with Crippen LogP contribution in [0.25, 0.3) is 0 Å². The fourth-order valence-electron chi connectivity index (χ4n) is 5.39. The van der Waals surface area contributed by atoms with Crippen LogP contribution in [-0.2, 0) is 9.53 Å². The Morgan fingerprint density at radius 1 is 0.500 bits per heavy atom. The molecule has 0 bridgehead atoms. The van der Waals surface area contributed by atoms with Crippen molar-refractivity contribution in [2.75, 3.05) is 6.61 Å². The molecule has 0 aliphatic rings. The number of carbonyl (C=O) groups excluding carboxylic acids is 1. The second-order valence-corrected chi connectivity index (χ2v) is 12.2. The Labute approximate surface area is 228 Å². The molecule has 0 aromatic carbocycles. The molecule has 0 aromatic rings. The number of unbranched alkanes of at least 4 members (excludes halogenated alkanes) is 18. The van der Waals surface area contributed by atoms with Crippen molar-refractivity contribution >= 4 is 5.97 Å². The van der Waals surface area contributed by atoms with Crippen LogP contribution in [0.15, 0.2) is 0 Å². The first-order valence-electron chi connectivity index (χ1n) is 16.7. The van der Waals surface area contributed by atoms with Crippen molar-refractivity contribution in [1.29, 1.82) is 0 Å². The summed E-state index contributed by atoms with van der Waals surface area (Å²) in [6.45, 7) is 12.1. The molecule has 2 atom stereocenters. The van der Waals surface area contributed by atoms with Crippen molar-refractivity contribution in [1.82, 2.24) is 0 Å². The number of hydrogen-bond donors (Lipinski definition) is 0. The van der Waals surface area contributed by atoms with E-state index in [0.717, 1.165) is 25.2 Å². The summed E-state index contributed by atoms with van der Waals surface area (Å²) in [5, 5.41) is 0. The van der Waals surface area contributed by atoms with Gasteiger partial charge < -0.3 is 4.74 Å². The number of hydrogen-bond acceptors (Lipinski definition) is 2. The number of ether oxygens (including phenoxy) is 1. The molecule has 0 amide bonds. The topological polar surface area (TPSA) is 26.3 Å². The van der Waals surface area contributed by atoms with Gasteiger partial charge in [0.2, 0.25) is 0 Å². The van der Waals surface area contributed by atoms with Gasteiger partial charge in [0.05, 0.1) is 12.5 Å². The lowest BCUT2D eigenvalue weighted by Gasteiger charge is -2.22. The van der Waals surface area contributed by atoms with Crippen molar-refractivity contribution in [3.8, 4) is 0 Å². The average molecular weight is 509 g/mol. The molecular weight excluding hydrogens is 440 g/mol. The predicted molar refractivity (Wildman–Crippen MR) is 161 cm³/mol. The number of esters is 1. The Balaban J connectivity index is 3.91. The van der Waals surface area contributed by atoms with E-state index < -0.39 is 0 Å². The van der Waals surface area contributed by atoms with Crippen LogP contribution in [0.2, 0.25) is 0 Å². The van der Waals surface area contributed by atoms with Crippen LogP contribution < -0.4 is 0 Å². The van der Waals surface area contributed by atoms with Gasteiger partial charge in [-0.3, -0.25) is 4.79 Å². The van der Waals surface area contributed by atoms with E-state index in [9.17, 15) is 4.79 Å². The molecule has 2 unspecified atom stereocenters. The molecule has 0 aromatic heterocycles. The van der Waals surface area contributed by atoms with E-state index in [-0.39, 0.29) is 11.9 Å². The molecule has 0 aliphatic carbocycles. The highest BCUT2D eigenvalue weighted by Gasteiger charge is 2.25. The third-order valence-electron chi connectivity index (χ3n) is 8.04. The van der Waals surface area contributed by atoms with Crippen LogP contribution in [0.1, 0.15) is 189 Å². The lowest BCUT2D eigenvalue weighted by molar-refractivity contribution is -0.151. The first kappa shape index (κ1) is 35.5. The first-order chi connectivity index (χ1) is 17.5. The molecule has 0 aliphatic heterocycles. The van der Waals surface area contributed by atoms with Crippen LogP contribution in [0, 0.1) is 17.8 Å². The minimum Gasteiger partial charge on any atom is -0.465 e. The van der Waals surface area contributed by atoms with Gasteiger partial charge in [0.1, 0.15) is 0 Å². The van der Waals surface area contributed by atoms with Crippen molar-refractivity contribution in [2.24, 2.45) is 17.8 Å². The zero-order valence-electron chi connectivity index (χ0n) is 25.7. The molecule has 0 spiro atoms. The van der Waals surface area contributed by atoms with Crippen molar-refractivity contribution in [3.63, 3.8) is 0 Å². The molecule has 216 valence electrons. The summed E-state index contributed by atoms with van der Waals surface area (Å²) >= 11 is 0. The molecule has 0 radical (unpaired) electrons. The fourth-order valence-corrected chi connectivity index (χ4v) is 5.39. The normalized spacial score (nSPS) is 13.3. The largest absolute Gasteiger partial charge is 0.465 e. The van der Waals surface area contributed by atoms with E-state index >= 15 is 0 Å². The molecule has 36 heavy (non-hydrogen) atoms. The van der Waals surface area contributed by atoms with Crippen LogP contribution in [0.3, 0.4) is 0 Å². The van der Waals surface area contributed by atoms with Gasteiger partial charge in [-0.15, -0.1) is 0 Å². The van der Waals surface area contributed by atoms with Crippen LogP contribution in [0.5, 0.6) is 0 Å². The number of carbonyl (C=O) groups is 1. The van der Waals surface area contributed by atoms with E-state index in [1.165, 1.54) is 135 Å². The summed E-state index contributed by atoms with van der Waals surface area (Å²) in [7, 11) is 0. The van der Waals surface area contributed by atoms with Gasteiger partial charge in [0.15, 0.2) is 0 Å². The Morgan fingerprint density at radius 2 is 0.917 bits per heavy atom. The van der Waals surface area contributed by atoms with E-state index in [1.54, 1.807) is 0 Å². The molecule has 0 rings (SSSR count). The van der Waals surface area contributed by atoms with Crippen LogP contribution in [-0.4, -0.2) is 12.6 Å². The Bertz CT molecular complexity index is 444. The van der Waals surface area contributed by atoms with Gasteiger partial charge in [0.25, 0.3) is 0 Å². The maximum Gasteiger partial charge on any atom is 0.309 e. The quantitative estimate of drug-likeness (QED) is 0.0775. The van der Waals surface area contributed by atoms with Gasteiger partial charge in [-0.1, -0.05) is 169 Å². The summed E-state index contributed by atoms with van der Waals surface area (Å²) in [6, 6.07) is 0.